The maximum atomic E-state index is 13.8. The largest absolute Gasteiger partial charge is 0.387 e. The van der Waals surface area contributed by atoms with Gasteiger partial charge in [-0.05, 0) is 132 Å². The van der Waals surface area contributed by atoms with Gasteiger partial charge in [-0.3, -0.25) is 4.79 Å². The average Bonchev–Trinajstić information content (AvgIpc) is 3.19. The van der Waals surface area contributed by atoms with Crippen LogP contribution in [0.15, 0.2) is 0 Å². The van der Waals surface area contributed by atoms with Crippen molar-refractivity contribution in [3.8, 4) is 0 Å². The van der Waals surface area contributed by atoms with Crippen LogP contribution < -0.4 is 0 Å². The van der Waals surface area contributed by atoms with Crippen molar-refractivity contribution in [3.63, 3.8) is 0 Å². The lowest BCUT2D eigenvalue weighted by atomic mass is 9.42. The van der Waals surface area contributed by atoms with Crippen LogP contribution in [0.1, 0.15) is 111 Å². The number of rotatable bonds is 5. The highest BCUT2D eigenvalue weighted by atomic mass is 16.5. The fraction of sp³-hybridized carbons (Fsp3) is 0.967. The molecule has 0 aromatic rings. The Labute approximate surface area is 208 Å². The van der Waals surface area contributed by atoms with Gasteiger partial charge in [-0.25, -0.2) is 0 Å². The van der Waals surface area contributed by atoms with Crippen molar-refractivity contribution >= 4 is 5.91 Å². The van der Waals surface area contributed by atoms with Gasteiger partial charge in [-0.2, -0.15) is 0 Å². The predicted molar refractivity (Wildman–Crippen MR) is 136 cm³/mol. The summed E-state index contributed by atoms with van der Waals surface area (Å²) in [6.07, 6.45) is 15.4. The molecule has 0 radical (unpaired) electrons. The second-order valence-electron chi connectivity index (χ2n) is 13.4. The van der Waals surface area contributed by atoms with Crippen molar-refractivity contribution in [2.75, 3.05) is 19.8 Å². The summed E-state index contributed by atoms with van der Waals surface area (Å²) in [6, 6.07) is 0.428. The molecule has 1 saturated heterocycles. The second-order valence-corrected chi connectivity index (χ2v) is 13.4. The minimum Gasteiger partial charge on any atom is -0.387 e. The molecule has 0 spiro atoms. The van der Waals surface area contributed by atoms with Gasteiger partial charge in [0.05, 0.1) is 12.2 Å². The van der Waals surface area contributed by atoms with Crippen LogP contribution in [0, 0.1) is 40.4 Å². The van der Waals surface area contributed by atoms with E-state index in [-0.39, 0.29) is 11.3 Å². The summed E-state index contributed by atoms with van der Waals surface area (Å²) in [5, 5.41) is 11.3. The van der Waals surface area contributed by atoms with Gasteiger partial charge in [-0.1, -0.05) is 13.8 Å². The highest BCUT2D eigenvalue weighted by Gasteiger charge is 2.63. The SMILES string of the molecule is CCOC[C@@]1(O)CC[C@@]2(CC)[C@@H](CC[C@H]3[C@@H]4CC[C@H](C(=O)N5CCCC[C@@H]5C)[C@@]4(C)CC[C@@H]32)C1. The van der Waals surface area contributed by atoms with Crippen LogP contribution in [0.2, 0.25) is 0 Å². The summed E-state index contributed by atoms with van der Waals surface area (Å²) in [5.74, 6) is 3.66. The number of likely N-dealkylation sites (tertiary alicyclic amines) is 1. The van der Waals surface area contributed by atoms with Crippen LogP contribution in [0.25, 0.3) is 0 Å². The summed E-state index contributed by atoms with van der Waals surface area (Å²) in [4.78, 5) is 16.1. The summed E-state index contributed by atoms with van der Waals surface area (Å²) in [7, 11) is 0. The molecule has 4 heteroatoms. The first-order valence-corrected chi connectivity index (χ1v) is 14.9. The molecular weight excluding hydrogens is 422 g/mol. The topological polar surface area (TPSA) is 49.8 Å². The van der Waals surface area contributed by atoms with E-state index in [2.05, 4.69) is 25.7 Å². The van der Waals surface area contributed by atoms with Crippen molar-refractivity contribution in [1.82, 2.24) is 4.90 Å². The van der Waals surface area contributed by atoms with Gasteiger partial charge in [-0.15, -0.1) is 0 Å². The fourth-order valence-corrected chi connectivity index (χ4v) is 10.3. The van der Waals surface area contributed by atoms with E-state index in [0.717, 1.165) is 44.1 Å². The Morgan fingerprint density at radius 3 is 2.56 bits per heavy atom. The van der Waals surface area contributed by atoms with Gasteiger partial charge < -0.3 is 14.7 Å². The number of ether oxygens (including phenoxy) is 1. The maximum Gasteiger partial charge on any atom is 0.226 e. The monoisotopic (exact) mass is 473 g/mol. The molecule has 9 atom stereocenters. The van der Waals surface area contributed by atoms with Crippen LogP contribution in [0.3, 0.4) is 0 Å². The number of nitrogens with zero attached hydrogens (tertiary/aromatic N) is 1. The first-order chi connectivity index (χ1) is 16.3. The zero-order chi connectivity index (χ0) is 24.1. The molecular formula is C30H51NO3. The van der Waals surface area contributed by atoms with Crippen molar-refractivity contribution in [2.24, 2.45) is 40.4 Å². The zero-order valence-corrected chi connectivity index (χ0v) is 22.5. The van der Waals surface area contributed by atoms with Gasteiger partial charge >= 0.3 is 0 Å². The number of carbonyl (C=O) groups excluding carboxylic acids is 1. The first kappa shape index (κ1) is 25.1. The summed E-state index contributed by atoms with van der Waals surface area (Å²) >= 11 is 0. The number of hydrogen-bond acceptors (Lipinski definition) is 3. The molecule has 1 aliphatic heterocycles. The van der Waals surface area contributed by atoms with Crippen LogP contribution in [0.4, 0.5) is 0 Å². The van der Waals surface area contributed by atoms with Crippen molar-refractivity contribution in [2.45, 2.75) is 123 Å². The summed E-state index contributed by atoms with van der Waals surface area (Å²) in [5.41, 5.74) is -0.0287. The highest BCUT2D eigenvalue weighted by Crippen LogP contribution is 2.69. The minimum absolute atomic E-state index is 0.196. The predicted octanol–water partition coefficient (Wildman–Crippen LogP) is 6.20. The van der Waals surface area contributed by atoms with E-state index in [0.29, 0.717) is 42.4 Å². The van der Waals surface area contributed by atoms with Crippen molar-refractivity contribution < 1.29 is 14.6 Å². The van der Waals surface area contributed by atoms with E-state index in [1.165, 1.54) is 57.8 Å². The average molecular weight is 474 g/mol. The van der Waals surface area contributed by atoms with Crippen molar-refractivity contribution in [3.05, 3.63) is 0 Å². The Morgan fingerprint density at radius 2 is 1.82 bits per heavy atom. The van der Waals surface area contributed by atoms with Gasteiger partial charge in [0.25, 0.3) is 0 Å². The van der Waals surface area contributed by atoms with Gasteiger partial charge in [0, 0.05) is 25.1 Å². The molecule has 5 aliphatic rings. The Hall–Kier alpha value is -0.610. The molecule has 0 bridgehead atoms. The lowest BCUT2D eigenvalue weighted by Gasteiger charge is -2.63. The third-order valence-electron chi connectivity index (χ3n) is 12.1. The molecule has 1 heterocycles. The Morgan fingerprint density at radius 1 is 1.00 bits per heavy atom. The van der Waals surface area contributed by atoms with Crippen molar-refractivity contribution in [1.29, 1.82) is 0 Å². The molecule has 4 aliphatic carbocycles. The number of hydrogen-bond donors (Lipinski definition) is 1. The summed E-state index contributed by atoms with van der Waals surface area (Å²) in [6.45, 7) is 11.4. The van der Waals surface area contributed by atoms with Gasteiger partial charge in [0.2, 0.25) is 5.91 Å². The molecule has 0 unspecified atom stereocenters. The smallest absolute Gasteiger partial charge is 0.226 e. The van der Waals surface area contributed by atoms with E-state index in [1.54, 1.807) is 0 Å². The summed E-state index contributed by atoms with van der Waals surface area (Å²) < 4.78 is 5.70. The number of fused-ring (bicyclic) bond motifs is 5. The second kappa shape index (κ2) is 9.36. The molecule has 194 valence electrons. The Bertz CT molecular complexity index is 755. The lowest BCUT2D eigenvalue weighted by Crippen LogP contribution is -2.58. The van der Waals surface area contributed by atoms with Crippen LogP contribution in [0.5, 0.6) is 0 Å². The quantitative estimate of drug-likeness (QED) is 0.517. The molecule has 4 saturated carbocycles. The van der Waals surface area contributed by atoms with Crippen LogP contribution >= 0.6 is 0 Å². The number of piperidine rings is 1. The minimum atomic E-state index is -0.620. The Balaban J connectivity index is 1.34. The first-order valence-electron chi connectivity index (χ1n) is 14.9. The molecule has 5 rings (SSSR count). The molecule has 34 heavy (non-hydrogen) atoms. The van der Waals surface area contributed by atoms with E-state index >= 15 is 0 Å². The fourth-order valence-electron chi connectivity index (χ4n) is 10.3. The van der Waals surface area contributed by atoms with E-state index in [9.17, 15) is 9.90 Å². The molecule has 5 fully saturated rings. The zero-order valence-electron chi connectivity index (χ0n) is 22.5. The van der Waals surface area contributed by atoms with Crippen LogP contribution in [-0.2, 0) is 9.53 Å². The molecule has 0 aromatic heterocycles. The van der Waals surface area contributed by atoms with E-state index in [4.69, 9.17) is 4.74 Å². The molecule has 1 amide bonds. The molecule has 1 N–H and O–H groups in total. The standard InChI is InChI=1S/C30H51NO3/c1-5-30-17-16-29(33,20-34-6-2)19-22(30)10-11-23-24-12-13-26(28(24,4)15-14-25(23)30)27(32)31-18-8-7-9-21(31)3/h21-26,33H,5-20H2,1-4H3/t21-,22-,23-,24-,25-,26+,28-,29+,30-/m0/s1. The Kier molecular flexibility index (Phi) is 6.90. The lowest BCUT2D eigenvalue weighted by molar-refractivity contribution is -0.175. The highest BCUT2D eigenvalue weighted by molar-refractivity contribution is 5.80. The third kappa shape index (κ3) is 3.88. The normalized spacial score (nSPS) is 48.7. The number of aliphatic hydroxyl groups is 1. The van der Waals surface area contributed by atoms with Gasteiger partial charge in [0.1, 0.15) is 0 Å². The molecule has 0 aromatic carbocycles. The number of carbonyl (C=O) groups is 1. The maximum absolute atomic E-state index is 13.8. The van der Waals surface area contributed by atoms with Crippen LogP contribution in [-0.4, -0.2) is 47.3 Å². The van der Waals surface area contributed by atoms with E-state index in [1.807, 2.05) is 6.92 Å². The third-order valence-corrected chi connectivity index (χ3v) is 12.1. The van der Waals surface area contributed by atoms with E-state index < -0.39 is 5.60 Å². The molecule has 4 nitrogen and oxygen atoms in total. The number of amides is 1. The van der Waals surface area contributed by atoms with Gasteiger partial charge in [0.15, 0.2) is 0 Å².